The van der Waals surface area contributed by atoms with Crippen molar-refractivity contribution in [3.63, 3.8) is 0 Å². The Morgan fingerprint density at radius 1 is 1.25 bits per heavy atom. The Morgan fingerprint density at radius 3 is 2.79 bits per heavy atom. The summed E-state index contributed by atoms with van der Waals surface area (Å²) in [7, 11) is 1.57. The molecule has 1 unspecified atom stereocenters. The molecule has 1 atom stereocenters. The zero-order chi connectivity index (χ0) is 20.1. The van der Waals surface area contributed by atoms with Crippen LogP contribution in [-0.2, 0) is 16.0 Å². The number of nitrogens with one attached hydrogen (secondary N) is 1. The van der Waals surface area contributed by atoms with Crippen LogP contribution >= 0.6 is 0 Å². The molecule has 1 aromatic carbocycles. The highest BCUT2D eigenvalue weighted by atomic mass is 16.5. The zero-order valence-electron chi connectivity index (χ0n) is 15.9. The van der Waals surface area contributed by atoms with Crippen molar-refractivity contribution in [1.82, 2.24) is 24.9 Å². The molecule has 0 aliphatic rings. The molecule has 2 aromatic heterocycles. The van der Waals surface area contributed by atoms with Crippen LogP contribution in [0.1, 0.15) is 41.5 Å². The van der Waals surface area contributed by atoms with Crippen molar-refractivity contribution in [2.45, 2.75) is 26.3 Å². The quantitative estimate of drug-likeness (QED) is 0.619. The number of para-hydroxylation sites is 1. The first-order chi connectivity index (χ1) is 13.5. The number of rotatable bonds is 7. The first-order valence-corrected chi connectivity index (χ1v) is 8.82. The van der Waals surface area contributed by atoms with Gasteiger partial charge in [-0.25, -0.2) is 14.3 Å². The summed E-state index contributed by atoms with van der Waals surface area (Å²) in [6.07, 6.45) is 3.29. The van der Waals surface area contributed by atoms with E-state index in [9.17, 15) is 9.59 Å². The molecule has 0 fully saturated rings. The molecule has 0 aliphatic carbocycles. The lowest BCUT2D eigenvalue weighted by Crippen LogP contribution is -2.31. The van der Waals surface area contributed by atoms with E-state index in [-0.39, 0.29) is 11.6 Å². The van der Waals surface area contributed by atoms with E-state index in [1.807, 2.05) is 38.1 Å². The van der Waals surface area contributed by atoms with Crippen molar-refractivity contribution in [2.24, 2.45) is 0 Å². The topological polar surface area (TPSA) is 108 Å². The van der Waals surface area contributed by atoms with Gasteiger partial charge in [0.25, 0.3) is 11.7 Å². The summed E-state index contributed by atoms with van der Waals surface area (Å²) in [5.41, 5.74) is 1.71. The van der Waals surface area contributed by atoms with Crippen LogP contribution < -0.4 is 10.1 Å². The predicted molar refractivity (Wildman–Crippen MR) is 100.0 cm³/mol. The van der Waals surface area contributed by atoms with Gasteiger partial charge in [0.2, 0.25) is 0 Å². The SMILES string of the molecule is CCc1c(C(=O)OCC(=O)NC(C)c2ccccc2OC)cnc2ncnn12. The lowest BCUT2D eigenvalue weighted by atomic mass is 10.1. The van der Waals surface area contributed by atoms with Gasteiger partial charge in [0, 0.05) is 11.8 Å². The molecular weight excluding hydrogens is 362 g/mol. The van der Waals surface area contributed by atoms with Gasteiger partial charge < -0.3 is 14.8 Å². The fourth-order valence-corrected chi connectivity index (χ4v) is 2.93. The van der Waals surface area contributed by atoms with Gasteiger partial charge >= 0.3 is 5.97 Å². The second kappa shape index (κ2) is 8.47. The van der Waals surface area contributed by atoms with E-state index in [4.69, 9.17) is 9.47 Å². The Bertz CT molecular complexity index is 1000. The molecule has 9 nitrogen and oxygen atoms in total. The van der Waals surface area contributed by atoms with Crippen LogP contribution in [0.3, 0.4) is 0 Å². The largest absolute Gasteiger partial charge is 0.496 e. The fourth-order valence-electron chi connectivity index (χ4n) is 2.93. The maximum absolute atomic E-state index is 12.4. The highest BCUT2D eigenvalue weighted by Gasteiger charge is 2.19. The third-order valence-corrected chi connectivity index (χ3v) is 4.28. The number of nitrogens with zero attached hydrogens (tertiary/aromatic N) is 4. The van der Waals surface area contributed by atoms with Gasteiger partial charge in [-0.15, -0.1) is 0 Å². The van der Waals surface area contributed by atoms with Crippen molar-refractivity contribution in [3.8, 4) is 5.75 Å². The molecule has 0 bridgehead atoms. The first-order valence-electron chi connectivity index (χ1n) is 8.82. The highest BCUT2D eigenvalue weighted by molar-refractivity contribution is 5.92. The van der Waals surface area contributed by atoms with Crippen molar-refractivity contribution in [3.05, 3.63) is 53.6 Å². The number of hydrogen-bond donors (Lipinski definition) is 1. The van der Waals surface area contributed by atoms with Crippen LogP contribution in [0.15, 0.2) is 36.8 Å². The highest BCUT2D eigenvalue weighted by Crippen LogP contribution is 2.24. The summed E-state index contributed by atoms with van der Waals surface area (Å²) in [5.74, 6) is 0.0188. The minimum atomic E-state index is -0.637. The summed E-state index contributed by atoms with van der Waals surface area (Å²) < 4.78 is 12.0. The minimum absolute atomic E-state index is 0.256. The van der Waals surface area contributed by atoms with E-state index in [0.717, 1.165) is 5.56 Å². The van der Waals surface area contributed by atoms with Crippen molar-refractivity contribution < 1.29 is 19.1 Å². The van der Waals surface area contributed by atoms with Gasteiger partial charge in [0.1, 0.15) is 12.1 Å². The summed E-state index contributed by atoms with van der Waals surface area (Å²) >= 11 is 0. The van der Waals surface area contributed by atoms with Crippen molar-refractivity contribution in [1.29, 1.82) is 0 Å². The average molecular weight is 383 g/mol. The summed E-state index contributed by atoms with van der Waals surface area (Å²) in [6, 6.07) is 7.09. The number of hydrogen-bond acceptors (Lipinski definition) is 7. The number of amides is 1. The second-order valence-electron chi connectivity index (χ2n) is 6.05. The zero-order valence-corrected chi connectivity index (χ0v) is 15.9. The third-order valence-electron chi connectivity index (χ3n) is 4.28. The number of aryl methyl sites for hydroxylation is 1. The molecule has 1 N–H and O–H groups in total. The lowest BCUT2D eigenvalue weighted by Gasteiger charge is -2.17. The number of carbonyl (C=O) groups excluding carboxylic acids is 2. The number of benzene rings is 1. The third kappa shape index (κ3) is 3.93. The predicted octanol–water partition coefficient (Wildman–Crippen LogP) is 1.73. The van der Waals surface area contributed by atoms with E-state index in [1.165, 1.54) is 17.0 Å². The molecule has 3 rings (SSSR count). The maximum Gasteiger partial charge on any atom is 0.342 e. The Hall–Kier alpha value is -3.49. The summed E-state index contributed by atoms with van der Waals surface area (Å²) in [6.45, 7) is 3.31. The van der Waals surface area contributed by atoms with Gasteiger partial charge in [-0.05, 0) is 19.4 Å². The fraction of sp³-hybridized carbons (Fsp3) is 0.316. The molecule has 28 heavy (non-hydrogen) atoms. The molecule has 146 valence electrons. The van der Waals surface area contributed by atoms with E-state index >= 15 is 0 Å². The lowest BCUT2D eigenvalue weighted by molar-refractivity contribution is -0.124. The molecule has 0 radical (unpaired) electrons. The van der Waals surface area contributed by atoms with Gasteiger partial charge in [0.05, 0.1) is 24.4 Å². The van der Waals surface area contributed by atoms with Gasteiger partial charge in [0.15, 0.2) is 6.61 Å². The smallest absolute Gasteiger partial charge is 0.342 e. The number of esters is 1. The minimum Gasteiger partial charge on any atom is -0.496 e. The standard InChI is InChI=1S/C19H21N5O4/c1-4-15-14(9-20-19-21-11-22-24(15)19)18(26)28-10-17(25)23-12(2)13-7-5-6-8-16(13)27-3/h5-9,11-12H,4,10H2,1-3H3,(H,23,25). The molecular formula is C19H21N5O4. The van der Waals surface area contributed by atoms with Gasteiger partial charge in [-0.3, -0.25) is 4.79 Å². The number of carbonyl (C=O) groups is 2. The van der Waals surface area contributed by atoms with Crippen LogP contribution in [0, 0.1) is 0 Å². The number of ether oxygens (including phenoxy) is 2. The molecule has 2 heterocycles. The van der Waals surface area contributed by atoms with E-state index in [2.05, 4.69) is 20.4 Å². The molecule has 3 aromatic rings. The second-order valence-corrected chi connectivity index (χ2v) is 6.05. The first kappa shape index (κ1) is 19.3. The van der Waals surface area contributed by atoms with E-state index in [1.54, 1.807) is 7.11 Å². The number of fused-ring (bicyclic) bond motifs is 1. The summed E-state index contributed by atoms with van der Waals surface area (Å²) in [4.78, 5) is 32.7. The van der Waals surface area contributed by atoms with E-state index < -0.39 is 18.5 Å². The van der Waals surface area contributed by atoms with Crippen LogP contribution in [-0.4, -0.2) is 45.2 Å². The monoisotopic (exact) mass is 383 g/mol. The Labute approximate surface area is 161 Å². The van der Waals surface area contributed by atoms with Crippen LogP contribution in [0.2, 0.25) is 0 Å². The molecule has 1 amide bonds. The van der Waals surface area contributed by atoms with Crippen LogP contribution in [0.4, 0.5) is 0 Å². The van der Waals surface area contributed by atoms with Gasteiger partial charge in [-0.2, -0.15) is 10.1 Å². The Morgan fingerprint density at radius 2 is 2.04 bits per heavy atom. The molecule has 0 spiro atoms. The maximum atomic E-state index is 12.4. The normalized spacial score (nSPS) is 11.8. The molecule has 0 saturated carbocycles. The Kier molecular flexibility index (Phi) is 5.83. The molecule has 0 saturated heterocycles. The average Bonchev–Trinajstić information content (AvgIpc) is 3.20. The van der Waals surface area contributed by atoms with E-state index in [0.29, 0.717) is 23.6 Å². The van der Waals surface area contributed by atoms with Crippen molar-refractivity contribution in [2.75, 3.05) is 13.7 Å². The van der Waals surface area contributed by atoms with Crippen molar-refractivity contribution >= 4 is 17.7 Å². The van der Waals surface area contributed by atoms with Crippen LogP contribution in [0.5, 0.6) is 5.75 Å². The summed E-state index contributed by atoms with van der Waals surface area (Å²) in [5, 5.41) is 6.85. The molecule has 0 aliphatic heterocycles. The van der Waals surface area contributed by atoms with Crippen LogP contribution in [0.25, 0.3) is 5.78 Å². The van der Waals surface area contributed by atoms with Gasteiger partial charge in [-0.1, -0.05) is 25.1 Å². The number of methoxy groups -OCH3 is 1. The molecule has 9 heteroatoms. The number of aromatic nitrogens is 4. The Balaban J connectivity index is 1.64.